The van der Waals surface area contributed by atoms with Crippen LogP contribution < -0.4 is 10.4 Å². The van der Waals surface area contributed by atoms with Crippen molar-refractivity contribution in [3.05, 3.63) is 29.2 Å². The van der Waals surface area contributed by atoms with Gasteiger partial charge in [0.2, 0.25) is 16.0 Å². The molecule has 1 N–H and O–H groups in total. The minimum absolute atomic E-state index is 0.0532. The van der Waals surface area contributed by atoms with Gasteiger partial charge < -0.3 is 14.5 Å². The fraction of sp³-hybridized carbons (Fsp3) is 0.682. The number of aromatic nitrogens is 2. The summed E-state index contributed by atoms with van der Waals surface area (Å²) in [6, 6.07) is 0. The first-order chi connectivity index (χ1) is 16.2. The Morgan fingerprint density at radius 3 is 2.59 bits per heavy atom. The van der Waals surface area contributed by atoms with Crippen molar-refractivity contribution in [2.45, 2.75) is 58.3 Å². The summed E-state index contributed by atoms with van der Waals surface area (Å²) in [6.07, 6.45) is 7.64. The summed E-state index contributed by atoms with van der Waals surface area (Å²) in [7, 11) is -3.21. The van der Waals surface area contributed by atoms with Gasteiger partial charge in [-0.05, 0) is 32.8 Å². The van der Waals surface area contributed by atoms with Crippen LogP contribution in [0.15, 0.2) is 18.0 Å². The van der Waals surface area contributed by atoms with Crippen LogP contribution in [0.1, 0.15) is 44.4 Å². The molecule has 0 radical (unpaired) electrons. The van der Waals surface area contributed by atoms with E-state index in [4.69, 9.17) is 14.6 Å². The molecule has 3 aliphatic rings. The van der Waals surface area contributed by atoms with E-state index in [1.54, 1.807) is 11.1 Å². The lowest BCUT2D eigenvalue weighted by Crippen LogP contribution is -2.43. The molecule has 4 rings (SSSR count). The summed E-state index contributed by atoms with van der Waals surface area (Å²) >= 11 is 0. The summed E-state index contributed by atoms with van der Waals surface area (Å²) in [6.45, 7) is 7.16. The highest BCUT2D eigenvalue weighted by Gasteiger charge is 2.27. The third-order valence-electron chi connectivity index (χ3n) is 6.24. The zero-order chi connectivity index (χ0) is 24.3. The predicted molar refractivity (Wildman–Crippen MR) is 126 cm³/mol. The molecule has 0 aliphatic carbocycles. The fourth-order valence-electron chi connectivity index (χ4n) is 4.25. The number of sulfonamides is 1. The second-order valence-electron chi connectivity index (χ2n) is 9.25. The molecular formula is C22H34N6O5S. The molecule has 3 aliphatic heterocycles. The Bertz CT molecular complexity index is 1020. The number of carbonyl (C=O) groups is 1. The fourth-order valence-corrected chi connectivity index (χ4v) is 5.05. The molecule has 1 fully saturated rings. The molecule has 1 aromatic rings. The number of amides is 1. The van der Waals surface area contributed by atoms with Crippen LogP contribution in [0.4, 0.5) is 10.7 Å². The summed E-state index contributed by atoms with van der Waals surface area (Å²) in [5, 5.41) is 0. The molecule has 1 amide bonds. The smallest absolute Gasteiger partial charge is 0.410 e. The zero-order valence-corrected chi connectivity index (χ0v) is 20.9. The van der Waals surface area contributed by atoms with E-state index < -0.39 is 10.0 Å². The third kappa shape index (κ3) is 6.16. The molecule has 0 spiro atoms. The first kappa shape index (κ1) is 24.7. The average molecular weight is 495 g/mol. The Hall–Kier alpha value is -2.44. The maximum Gasteiger partial charge on any atom is 0.410 e. The highest BCUT2D eigenvalue weighted by Crippen LogP contribution is 2.22. The Labute approximate surface area is 201 Å². The minimum Gasteiger partial charge on any atom is -0.447 e. The molecule has 11 nitrogen and oxygen atoms in total. The van der Waals surface area contributed by atoms with Crippen molar-refractivity contribution in [2.24, 2.45) is 0 Å². The highest BCUT2D eigenvalue weighted by molar-refractivity contribution is 7.88. The van der Waals surface area contributed by atoms with Gasteiger partial charge in [0.25, 0.3) is 0 Å². The predicted octanol–water partition coefficient (Wildman–Crippen LogP) is 1.42. The van der Waals surface area contributed by atoms with Crippen LogP contribution in [0.3, 0.4) is 0 Å². The quantitative estimate of drug-likeness (QED) is 0.586. The van der Waals surface area contributed by atoms with Crippen molar-refractivity contribution in [3.8, 4) is 0 Å². The van der Waals surface area contributed by atoms with Crippen molar-refractivity contribution in [3.63, 3.8) is 0 Å². The lowest BCUT2D eigenvalue weighted by molar-refractivity contribution is -0.0416. The second-order valence-corrected chi connectivity index (χ2v) is 11.2. The molecule has 12 heteroatoms. The van der Waals surface area contributed by atoms with E-state index in [0.29, 0.717) is 45.1 Å². The van der Waals surface area contributed by atoms with Crippen LogP contribution in [0.2, 0.25) is 0 Å². The normalized spacial score (nSPS) is 20.2. The number of carbonyl (C=O) groups excluding carboxylic acids is 1. The lowest BCUT2D eigenvalue weighted by Gasteiger charge is -2.32. The van der Waals surface area contributed by atoms with Gasteiger partial charge in [0, 0.05) is 69.6 Å². The van der Waals surface area contributed by atoms with Crippen LogP contribution in [0.25, 0.3) is 0 Å². The zero-order valence-electron chi connectivity index (χ0n) is 20.1. The number of likely N-dealkylation sites (tertiary alicyclic amines) is 1. The van der Waals surface area contributed by atoms with E-state index in [0.717, 1.165) is 42.8 Å². The highest BCUT2D eigenvalue weighted by atomic mass is 32.2. The van der Waals surface area contributed by atoms with Crippen LogP contribution in [-0.4, -0.2) is 84.9 Å². The first-order valence-electron chi connectivity index (χ1n) is 11.8. The van der Waals surface area contributed by atoms with E-state index in [2.05, 4.69) is 21.4 Å². The number of piperidine rings is 1. The lowest BCUT2D eigenvalue weighted by atomic mass is 10.1. The van der Waals surface area contributed by atoms with Crippen molar-refractivity contribution in [2.75, 3.05) is 43.9 Å². The first-order valence-corrected chi connectivity index (χ1v) is 13.6. The third-order valence-corrected chi connectivity index (χ3v) is 7.49. The van der Waals surface area contributed by atoms with Gasteiger partial charge in [0.1, 0.15) is 0 Å². The number of hydrogen-bond acceptors (Lipinski definition) is 9. The molecule has 0 atom stereocenters. The summed E-state index contributed by atoms with van der Waals surface area (Å²) < 4.78 is 30.3. The van der Waals surface area contributed by atoms with Crippen molar-refractivity contribution < 1.29 is 22.8 Å². The van der Waals surface area contributed by atoms with Gasteiger partial charge in [-0.25, -0.2) is 23.2 Å². The maximum absolute atomic E-state index is 12.0. The summed E-state index contributed by atoms with van der Waals surface area (Å²) in [5.41, 5.74) is 5.92. The Morgan fingerprint density at radius 2 is 1.94 bits per heavy atom. The van der Waals surface area contributed by atoms with E-state index in [1.165, 1.54) is 10.6 Å². The van der Waals surface area contributed by atoms with E-state index in [-0.39, 0.29) is 18.3 Å². The van der Waals surface area contributed by atoms with E-state index in [1.807, 2.05) is 13.8 Å². The van der Waals surface area contributed by atoms with Gasteiger partial charge in [0.15, 0.2) is 0 Å². The molecule has 0 unspecified atom stereocenters. The molecule has 188 valence electrons. The number of anilines is 1. The number of hydrogen-bond donors (Lipinski definition) is 1. The molecule has 34 heavy (non-hydrogen) atoms. The molecule has 0 bridgehead atoms. The van der Waals surface area contributed by atoms with Gasteiger partial charge in [-0.1, -0.05) is 0 Å². The van der Waals surface area contributed by atoms with Crippen molar-refractivity contribution >= 4 is 22.1 Å². The number of nitrogens with zero attached hydrogens (tertiary/aromatic N) is 5. The number of nitrogens with one attached hydrogen (secondary N) is 1. The number of fused-ring (bicyclic) bond motifs is 1. The minimum atomic E-state index is -3.21. The Morgan fingerprint density at radius 1 is 1.18 bits per heavy atom. The van der Waals surface area contributed by atoms with Gasteiger partial charge in [-0.2, -0.15) is 4.31 Å². The van der Waals surface area contributed by atoms with Crippen LogP contribution >= 0.6 is 0 Å². The average Bonchev–Trinajstić information content (AvgIpc) is 2.81. The largest absolute Gasteiger partial charge is 0.447 e. The second kappa shape index (κ2) is 10.4. The monoisotopic (exact) mass is 494 g/mol. The molecule has 1 aromatic heterocycles. The van der Waals surface area contributed by atoms with Gasteiger partial charge >= 0.3 is 6.09 Å². The standard InChI is InChI=1S/C22H34N6O5S/c1-16(2)32-22(29)27-11-6-19(7-12-27)33-25-18-4-9-26(10-5-18)21-23-14-17-15-28(34(3,30)31)13-8-20(17)24-21/h4,14,16,19,25H,5-13,15H2,1-3H3. The molecule has 4 heterocycles. The van der Waals surface area contributed by atoms with Crippen molar-refractivity contribution in [1.82, 2.24) is 24.7 Å². The molecule has 1 saturated heterocycles. The van der Waals surface area contributed by atoms with Gasteiger partial charge in [-0.3, -0.25) is 10.3 Å². The van der Waals surface area contributed by atoms with Crippen LogP contribution in [0, 0.1) is 0 Å². The van der Waals surface area contributed by atoms with E-state index in [9.17, 15) is 13.2 Å². The number of rotatable bonds is 6. The summed E-state index contributed by atoms with van der Waals surface area (Å²) in [4.78, 5) is 30.9. The Balaban J connectivity index is 1.24. The molecule has 0 saturated carbocycles. The van der Waals surface area contributed by atoms with Crippen LogP contribution in [0.5, 0.6) is 0 Å². The van der Waals surface area contributed by atoms with Crippen molar-refractivity contribution in [1.29, 1.82) is 0 Å². The topological polar surface area (TPSA) is 117 Å². The van der Waals surface area contributed by atoms with E-state index >= 15 is 0 Å². The summed E-state index contributed by atoms with van der Waals surface area (Å²) in [5.74, 6) is 0.670. The number of hydroxylamine groups is 1. The maximum atomic E-state index is 12.0. The van der Waals surface area contributed by atoms with Crippen LogP contribution in [-0.2, 0) is 32.6 Å². The Kier molecular flexibility index (Phi) is 7.58. The SMILES string of the molecule is CC(C)OC(=O)N1CCC(ONC2=CCN(c3ncc4c(n3)CCN(S(C)(=O)=O)C4)CC2)CC1. The number of ether oxygens (including phenoxy) is 1. The molecular weight excluding hydrogens is 460 g/mol. The molecule has 0 aromatic carbocycles. The van der Waals surface area contributed by atoms with Gasteiger partial charge in [0.05, 0.1) is 24.2 Å². The van der Waals surface area contributed by atoms with Gasteiger partial charge in [-0.15, -0.1) is 0 Å².